The van der Waals surface area contributed by atoms with Crippen LogP contribution in [0, 0.1) is 35.4 Å². The molecule has 250 valence electrons. The number of rotatable bonds is 8. The number of imide groups is 1. The Hall–Kier alpha value is -4.75. The van der Waals surface area contributed by atoms with E-state index in [1.54, 1.807) is 49.0 Å². The Kier molecular flexibility index (Phi) is 7.91. The average Bonchev–Trinajstić information content (AvgIpc) is 3.83. The highest BCUT2D eigenvalue weighted by atomic mass is 32.2. The maximum Gasteiger partial charge on any atom is 0.338 e. The minimum atomic E-state index is -0.487. The predicted octanol–water partition coefficient (Wildman–Crippen LogP) is 5.45. The molecular formula is C36H30FN3O7S2. The molecule has 3 aromatic carbocycles. The zero-order valence-corrected chi connectivity index (χ0v) is 27.7. The number of thioether (sulfide) groups is 1. The van der Waals surface area contributed by atoms with Gasteiger partial charge in [-0.3, -0.25) is 24.1 Å². The zero-order valence-electron chi connectivity index (χ0n) is 26.1. The Bertz CT molecular complexity index is 2050. The fraction of sp³-hybridized carbons (Fsp3) is 0.306. The third-order valence-corrected chi connectivity index (χ3v) is 12.7. The van der Waals surface area contributed by atoms with E-state index in [9.17, 15) is 28.4 Å². The summed E-state index contributed by atoms with van der Waals surface area (Å²) in [5, 5.41) is 3.55. The van der Waals surface area contributed by atoms with Crippen molar-refractivity contribution in [2.75, 3.05) is 23.4 Å². The van der Waals surface area contributed by atoms with Crippen molar-refractivity contribution < 1.29 is 33.0 Å². The van der Waals surface area contributed by atoms with Crippen LogP contribution in [0.1, 0.15) is 40.1 Å². The van der Waals surface area contributed by atoms with E-state index in [1.165, 1.54) is 29.2 Å². The first-order chi connectivity index (χ1) is 23.7. The van der Waals surface area contributed by atoms with Gasteiger partial charge in [0.2, 0.25) is 11.8 Å². The van der Waals surface area contributed by atoms with Crippen molar-refractivity contribution in [1.29, 1.82) is 0 Å². The molecule has 49 heavy (non-hydrogen) atoms. The van der Waals surface area contributed by atoms with Crippen molar-refractivity contribution in [3.05, 3.63) is 104 Å². The molecule has 8 rings (SSSR count). The average molecular weight is 700 g/mol. The summed E-state index contributed by atoms with van der Waals surface area (Å²) < 4.78 is 24.6. The van der Waals surface area contributed by atoms with Crippen LogP contribution in [0.3, 0.4) is 0 Å². The molecule has 4 unspecified atom stereocenters. The van der Waals surface area contributed by atoms with E-state index < -0.39 is 23.6 Å². The van der Waals surface area contributed by atoms with E-state index in [1.807, 2.05) is 18.2 Å². The molecule has 2 N–H and O–H groups in total. The van der Waals surface area contributed by atoms with Crippen LogP contribution in [-0.4, -0.2) is 47.1 Å². The second kappa shape index (κ2) is 12.3. The second-order valence-corrected chi connectivity index (χ2v) is 14.9. The van der Waals surface area contributed by atoms with Gasteiger partial charge in [-0.1, -0.05) is 23.5 Å². The minimum absolute atomic E-state index is 0.00415. The number of halogens is 1. The van der Waals surface area contributed by atoms with Crippen LogP contribution < -0.4 is 19.8 Å². The van der Waals surface area contributed by atoms with Gasteiger partial charge in [0, 0.05) is 21.7 Å². The molecule has 2 bridgehead atoms. The molecule has 3 heterocycles. The number of fused-ring (bicyclic) bond motifs is 9. The van der Waals surface area contributed by atoms with E-state index in [4.69, 9.17) is 9.47 Å². The van der Waals surface area contributed by atoms with E-state index in [-0.39, 0.29) is 64.7 Å². The van der Waals surface area contributed by atoms with Crippen LogP contribution >= 0.6 is 23.1 Å². The van der Waals surface area contributed by atoms with Crippen molar-refractivity contribution in [2.45, 2.75) is 29.5 Å². The fourth-order valence-corrected chi connectivity index (χ4v) is 11.2. The Morgan fingerprint density at radius 2 is 1.71 bits per heavy atom. The molecule has 3 fully saturated rings. The van der Waals surface area contributed by atoms with Crippen LogP contribution in [0.5, 0.6) is 5.75 Å². The van der Waals surface area contributed by atoms with Crippen LogP contribution in [0.2, 0.25) is 0 Å². The number of amides is 3. The third-order valence-electron chi connectivity index (χ3n) is 10.1. The van der Waals surface area contributed by atoms with Gasteiger partial charge in [0.25, 0.3) is 5.91 Å². The Morgan fingerprint density at radius 3 is 2.45 bits per heavy atom. The van der Waals surface area contributed by atoms with Crippen LogP contribution in [0.15, 0.2) is 82.6 Å². The molecule has 10 nitrogen and oxygen atoms in total. The highest BCUT2D eigenvalue weighted by Gasteiger charge is 2.69. The predicted molar refractivity (Wildman–Crippen MR) is 180 cm³/mol. The first-order valence-corrected chi connectivity index (χ1v) is 17.7. The largest absolute Gasteiger partial charge is 0.484 e. The van der Waals surface area contributed by atoms with E-state index in [0.717, 1.165) is 33.2 Å². The van der Waals surface area contributed by atoms with Crippen molar-refractivity contribution in [3.8, 4) is 5.75 Å². The maximum absolute atomic E-state index is 13.9. The number of thiazole rings is 1. The lowest BCUT2D eigenvalue weighted by Crippen LogP contribution is -2.42. The van der Waals surface area contributed by atoms with Gasteiger partial charge in [0.05, 0.1) is 34.7 Å². The number of H-pyrrole nitrogens is 1. The second-order valence-electron chi connectivity index (χ2n) is 12.7. The Labute approximate surface area is 288 Å². The highest BCUT2D eigenvalue weighted by molar-refractivity contribution is 8.00. The van der Waals surface area contributed by atoms with Crippen molar-refractivity contribution in [1.82, 2.24) is 4.98 Å². The van der Waals surface area contributed by atoms with Crippen molar-refractivity contribution >= 4 is 58.2 Å². The summed E-state index contributed by atoms with van der Waals surface area (Å²) in [6.45, 7) is 1.74. The van der Waals surface area contributed by atoms with Gasteiger partial charge in [0.15, 0.2) is 6.61 Å². The highest BCUT2D eigenvalue weighted by Crippen LogP contribution is 2.68. The summed E-state index contributed by atoms with van der Waals surface area (Å²) in [6.07, 6.45) is 0.735. The van der Waals surface area contributed by atoms with Gasteiger partial charge in [0.1, 0.15) is 11.6 Å². The van der Waals surface area contributed by atoms with E-state index >= 15 is 0 Å². The molecule has 2 aliphatic heterocycles. The quantitative estimate of drug-likeness (QED) is 0.183. The number of nitrogens with zero attached hydrogens (tertiary/aromatic N) is 1. The number of ether oxygens (including phenoxy) is 2. The van der Waals surface area contributed by atoms with Gasteiger partial charge in [-0.05, 0) is 97.3 Å². The standard InChI is InChI=1S/C36H30FN3O7S2/c1-2-46-35(44)17-6-10-20(11-7-17)38-25(41)16-47-22-5-3-4-18(14-22)26-27-23-15-24(30(27)48-32-31(26)49-36(45)39-32)29-28(23)33(42)40(34(29)43)21-12-8-19(37)9-13-21/h3-14,23-24,26-30H,2,15-16H2,1H3,(H,38,41)(H,39,45)/t23-,24-,26-,27?,28?,29?,30?/m1/s1. The molecule has 3 amide bonds. The number of hydrogen-bond acceptors (Lipinski definition) is 9. The topological polar surface area (TPSA) is 135 Å². The lowest BCUT2D eigenvalue weighted by molar-refractivity contribution is -0.123. The molecular weight excluding hydrogens is 670 g/mol. The number of anilines is 2. The number of aromatic nitrogens is 1. The number of benzene rings is 3. The van der Waals surface area contributed by atoms with Crippen LogP contribution in [-0.2, 0) is 19.1 Å². The fourth-order valence-electron chi connectivity index (χ4n) is 8.28. The summed E-state index contributed by atoms with van der Waals surface area (Å²) in [7, 11) is 0. The summed E-state index contributed by atoms with van der Waals surface area (Å²) in [5.74, 6) is -2.61. The normalized spacial score (nSPS) is 26.2. The number of nitrogens with one attached hydrogen (secondary N) is 2. The van der Waals surface area contributed by atoms with Gasteiger partial charge in [-0.15, -0.1) is 11.8 Å². The molecule has 4 aliphatic rings. The lowest BCUT2D eigenvalue weighted by atomic mass is 9.68. The molecule has 0 spiro atoms. The number of carbonyl (C=O) groups is 4. The first-order valence-electron chi connectivity index (χ1n) is 16.0. The summed E-state index contributed by atoms with van der Waals surface area (Å²) in [6, 6.07) is 19.3. The van der Waals surface area contributed by atoms with Crippen molar-refractivity contribution in [3.63, 3.8) is 0 Å². The van der Waals surface area contributed by atoms with Gasteiger partial charge in [-0.2, -0.15) is 0 Å². The summed E-state index contributed by atoms with van der Waals surface area (Å²) in [5.41, 5.74) is 2.16. The van der Waals surface area contributed by atoms with Crippen LogP contribution in [0.25, 0.3) is 0 Å². The molecule has 2 aliphatic carbocycles. The summed E-state index contributed by atoms with van der Waals surface area (Å²) >= 11 is 2.76. The molecule has 0 radical (unpaired) electrons. The van der Waals surface area contributed by atoms with E-state index in [0.29, 0.717) is 22.7 Å². The number of esters is 1. The van der Waals surface area contributed by atoms with Gasteiger partial charge >= 0.3 is 10.8 Å². The van der Waals surface area contributed by atoms with Gasteiger partial charge in [-0.25, -0.2) is 9.18 Å². The number of aromatic amines is 1. The summed E-state index contributed by atoms with van der Waals surface area (Å²) in [4.78, 5) is 70.0. The maximum atomic E-state index is 13.9. The molecule has 1 saturated heterocycles. The molecule has 13 heteroatoms. The zero-order chi connectivity index (χ0) is 34.0. The first kappa shape index (κ1) is 31.5. The molecule has 7 atom stereocenters. The van der Waals surface area contributed by atoms with Crippen molar-refractivity contribution in [2.24, 2.45) is 29.6 Å². The van der Waals surface area contributed by atoms with Crippen LogP contribution in [0.4, 0.5) is 15.8 Å². The Morgan fingerprint density at radius 1 is 0.980 bits per heavy atom. The number of carbonyl (C=O) groups excluding carboxylic acids is 4. The van der Waals surface area contributed by atoms with E-state index in [2.05, 4.69) is 10.3 Å². The molecule has 1 aromatic heterocycles. The Balaban J connectivity index is 1.03. The smallest absolute Gasteiger partial charge is 0.338 e. The minimum Gasteiger partial charge on any atom is -0.484 e. The monoisotopic (exact) mass is 699 g/mol. The third kappa shape index (κ3) is 5.35. The SMILES string of the molecule is CCOC(=O)c1ccc(NC(=O)COc2cccc([C@H]3c4sc(=O)[nH]c4SC4C3[C@H]3C[C@@H]4C4C(=O)N(c5ccc(F)cc5)C(=O)C43)c2)cc1. The molecule has 2 saturated carbocycles. The number of hydrogen-bond donors (Lipinski definition) is 2. The molecule has 4 aromatic rings. The lowest BCUT2D eigenvalue weighted by Gasteiger charge is -2.43. The van der Waals surface area contributed by atoms with Gasteiger partial charge < -0.3 is 19.8 Å².